The molecule has 10 nitrogen and oxygen atoms in total. The summed E-state index contributed by atoms with van der Waals surface area (Å²) in [6.45, 7) is 5.07. The number of likely N-dealkylation sites (tertiary alicyclic amines) is 1. The molecule has 0 atom stereocenters. The Balaban J connectivity index is 1.24. The average molecular weight is 501 g/mol. The third-order valence-electron chi connectivity index (χ3n) is 7.73. The van der Waals surface area contributed by atoms with Crippen LogP contribution >= 0.6 is 0 Å². The minimum atomic E-state index is 0.0193. The van der Waals surface area contributed by atoms with E-state index in [1.807, 2.05) is 41.6 Å². The standard InChI is InChI=1S/C27H32N8O2/c1-32-8-5-18(6-9-32)26(36)31-24-4-3-20-21(16-28-25(20)30-24)19-7-10-35-23(15-19)22(17-29-35)27(37)34-13-11-33(2)12-14-34/h3-4,7,10,15-18H,5-6,8-9,11-14H2,1-2H3,(H2,28,30,31,36). The molecule has 0 aliphatic carbocycles. The summed E-state index contributed by atoms with van der Waals surface area (Å²) in [6.07, 6.45) is 7.20. The lowest BCUT2D eigenvalue weighted by Crippen LogP contribution is -2.47. The summed E-state index contributed by atoms with van der Waals surface area (Å²) in [4.78, 5) is 40.3. The maximum atomic E-state index is 13.2. The van der Waals surface area contributed by atoms with Gasteiger partial charge in [0.05, 0.1) is 17.3 Å². The molecule has 0 spiro atoms. The van der Waals surface area contributed by atoms with E-state index in [0.717, 1.165) is 74.1 Å². The summed E-state index contributed by atoms with van der Waals surface area (Å²) in [5.74, 6) is 0.635. The number of H-pyrrole nitrogens is 1. The Bertz CT molecular complexity index is 1460. The quantitative estimate of drug-likeness (QED) is 0.447. The number of fused-ring (bicyclic) bond motifs is 2. The predicted molar refractivity (Wildman–Crippen MR) is 143 cm³/mol. The van der Waals surface area contributed by atoms with Gasteiger partial charge in [-0.1, -0.05) is 0 Å². The van der Waals surface area contributed by atoms with E-state index in [1.54, 1.807) is 10.7 Å². The molecule has 2 amide bonds. The second kappa shape index (κ2) is 9.60. The molecule has 2 aliphatic rings. The summed E-state index contributed by atoms with van der Waals surface area (Å²) in [5, 5.41) is 8.36. The minimum Gasteiger partial charge on any atom is -0.345 e. The highest BCUT2D eigenvalue weighted by Crippen LogP contribution is 2.30. The first-order valence-electron chi connectivity index (χ1n) is 12.9. The van der Waals surface area contributed by atoms with Crippen molar-refractivity contribution >= 4 is 34.2 Å². The first kappa shape index (κ1) is 23.6. The van der Waals surface area contributed by atoms with Gasteiger partial charge in [-0.25, -0.2) is 9.50 Å². The van der Waals surface area contributed by atoms with Gasteiger partial charge in [0.25, 0.3) is 5.91 Å². The van der Waals surface area contributed by atoms with Gasteiger partial charge in [-0.15, -0.1) is 0 Å². The molecule has 0 bridgehead atoms. The summed E-state index contributed by atoms with van der Waals surface area (Å²) >= 11 is 0. The number of hydrogen-bond donors (Lipinski definition) is 2. The number of carbonyl (C=O) groups excluding carboxylic acids is 2. The lowest BCUT2D eigenvalue weighted by molar-refractivity contribution is -0.121. The summed E-state index contributed by atoms with van der Waals surface area (Å²) in [5.41, 5.74) is 4.06. The molecular formula is C27H32N8O2. The molecule has 0 unspecified atom stereocenters. The number of amides is 2. The number of nitrogens with zero attached hydrogens (tertiary/aromatic N) is 6. The Morgan fingerprint density at radius 2 is 1.76 bits per heavy atom. The largest absolute Gasteiger partial charge is 0.345 e. The second-order valence-electron chi connectivity index (χ2n) is 10.3. The Kier molecular flexibility index (Phi) is 6.13. The van der Waals surface area contributed by atoms with Crippen molar-refractivity contribution in [2.75, 3.05) is 58.7 Å². The van der Waals surface area contributed by atoms with Gasteiger partial charge in [-0.2, -0.15) is 5.10 Å². The van der Waals surface area contributed by atoms with Crippen LogP contribution in [0.15, 0.2) is 42.9 Å². The van der Waals surface area contributed by atoms with E-state index in [2.05, 4.69) is 44.3 Å². The van der Waals surface area contributed by atoms with Crippen LogP contribution in [0.25, 0.3) is 27.7 Å². The zero-order chi connectivity index (χ0) is 25.5. The van der Waals surface area contributed by atoms with Gasteiger partial charge in [0.15, 0.2) is 0 Å². The number of nitrogens with one attached hydrogen (secondary N) is 2. The number of aromatic nitrogens is 4. The first-order valence-corrected chi connectivity index (χ1v) is 12.9. The van der Waals surface area contributed by atoms with Crippen molar-refractivity contribution in [1.29, 1.82) is 0 Å². The number of carbonyl (C=O) groups is 2. The maximum Gasteiger partial charge on any atom is 0.257 e. The molecule has 0 saturated carbocycles. The third kappa shape index (κ3) is 4.58. The highest BCUT2D eigenvalue weighted by Gasteiger charge is 2.25. The van der Waals surface area contributed by atoms with Gasteiger partial charge in [0.2, 0.25) is 5.91 Å². The number of aromatic amines is 1. The lowest BCUT2D eigenvalue weighted by Gasteiger charge is -2.32. The molecule has 10 heteroatoms. The van der Waals surface area contributed by atoms with Crippen LogP contribution in [0.5, 0.6) is 0 Å². The highest BCUT2D eigenvalue weighted by molar-refractivity contribution is 6.02. The molecule has 6 rings (SSSR count). The summed E-state index contributed by atoms with van der Waals surface area (Å²) in [7, 11) is 4.16. The summed E-state index contributed by atoms with van der Waals surface area (Å²) in [6, 6.07) is 7.83. The molecule has 2 saturated heterocycles. The molecule has 4 aromatic heterocycles. The van der Waals surface area contributed by atoms with Gasteiger partial charge < -0.3 is 25.0 Å². The zero-order valence-electron chi connectivity index (χ0n) is 21.3. The van der Waals surface area contributed by atoms with Gasteiger partial charge >= 0.3 is 0 Å². The van der Waals surface area contributed by atoms with Crippen LogP contribution in [0, 0.1) is 5.92 Å². The number of piperidine rings is 1. The van der Waals surface area contributed by atoms with E-state index in [0.29, 0.717) is 17.0 Å². The second-order valence-corrected chi connectivity index (χ2v) is 10.3. The van der Waals surface area contributed by atoms with Crippen molar-refractivity contribution in [3.8, 4) is 11.1 Å². The number of likely N-dealkylation sites (N-methyl/N-ethyl adjacent to an activating group) is 1. The molecule has 0 radical (unpaired) electrons. The Hall–Kier alpha value is -3.76. The average Bonchev–Trinajstić information content (AvgIpc) is 3.52. The van der Waals surface area contributed by atoms with Crippen molar-refractivity contribution < 1.29 is 9.59 Å². The van der Waals surface area contributed by atoms with Gasteiger partial charge in [0.1, 0.15) is 11.5 Å². The number of piperazine rings is 1. The monoisotopic (exact) mass is 500 g/mol. The van der Waals surface area contributed by atoms with E-state index in [-0.39, 0.29) is 17.7 Å². The van der Waals surface area contributed by atoms with Gasteiger partial charge in [-0.3, -0.25) is 9.59 Å². The fraction of sp³-hybridized carbons (Fsp3) is 0.407. The van der Waals surface area contributed by atoms with Crippen molar-refractivity contribution in [3.63, 3.8) is 0 Å². The summed E-state index contributed by atoms with van der Waals surface area (Å²) < 4.78 is 1.75. The fourth-order valence-corrected chi connectivity index (χ4v) is 5.31. The van der Waals surface area contributed by atoms with Crippen LogP contribution in [0.3, 0.4) is 0 Å². The van der Waals surface area contributed by atoms with Crippen molar-refractivity contribution in [2.45, 2.75) is 12.8 Å². The van der Waals surface area contributed by atoms with Gasteiger partial charge in [-0.05, 0) is 69.9 Å². The first-order chi connectivity index (χ1) is 18.0. The lowest BCUT2D eigenvalue weighted by atomic mass is 9.96. The SMILES string of the molecule is CN1CCC(C(=O)Nc2ccc3c(-c4ccn5ncc(C(=O)N6CCN(C)CC6)c5c4)c[nH]c3n2)CC1. The van der Waals surface area contributed by atoms with Crippen molar-refractivity contribution in [1.82, 2.24) is 34.3 Å². The number of anilines is 1. The molecule has 6 heterocycles. The minimum absolute atomic E-state index is 0.0193. The molecular weight excluding hydrogens is 468 g/mol. The number of hydrogen-bond acceptors (Lipinski definition) is 6. The van der Waals surface area contributed by atoms with E-state index in [1.165, 1.54) is 0 Å². The van der Waals surface area contributed by atoms with Crippen LogP contribution in [-0.4, -0.2) is 99.5 Å². The van der Waals surface area contributed by atoms with E-state index < -0.39 is 0 Å². The Morgan fingerprint density at radius 1 is 1.00 bits per heavy atom. The third-order valence-corrected chi connectivity index (χ3v) is 7.73. The van der Waals surface area contributed by atoms with Crippen molar-refractivity contribution in [2.24, 2.45) is 5.92 Å². The van der Waals surface area contributed by atoms with Crippen LogP contribution < -0.4 is 5.32 Å². The molecule has 4 aromatic rings. The smallest absolute Gasteiger partial charge is 0.257 e. The number of pyridine rings is 2. The molecule has 2 N–H and O–H groups in total. The van der Waals surface area contributed by atoms with Crippen LogP contribution in [-0.2, 0) is 4.79 Å². The fourth-order valence-electron chi connectivity index (χ4n) is 5.31. The molecule has 192 valence electrons. The molecule has 2 aliphatic heterocycles. The maximum absolute atomic E-state index is 13.2. The molecule has 37 heavy (non-hydrogen) atoms. The molecule has 2 fully saturated rings. The molecule has 0 aromatic carbocycles. The van der Waals surface area contributed by atoms with Crippen LogP contribution in [0.4, 0.5) is 5.82 Å². The number of rotatable bonds is 4. The van der Waals surface area contributed by atoms with E-state index >= 15 is 0 Å². The van der Waals surface area contributed by atoms with E-state index in [9.17, 15) is 9.59 Å². The van der Waals surface area contributed by atoms with E-state index in [4.69, 9.17) is 0 Å². The normalized spacial score (nSPS) is 18.1. The topological polar surface area (TPSA) is 102 Å². The predicted octanol–water partition coefficient (Wildman–Crippen LogP) is 2.55. The Labute approximate surface area is 215 Å². The van der Waals surface area contributed by atoms with Crippen molar-refractivity contribution in [3.05, 3.63) is 48.4 Å². The highest BCUT2D eigenvalue weighted by atomic mass is 16.2. The van der Waals surface area contributed by atoms with Crippen LogP contribution in [0.2, 0.25) is 0 Å². The van der Waals surface area contributed by atoms with Gasteiger partial charge in [0, 0.05) is 55.4 Å². The van der Waals surface area contributed by atoms with Crippen LogP contribution in [0.1, 0.15) is 23.2 Å². The zero-order valence-corrected chi connectivity index (χ0v) is 21.3. The Morgan fingerprint density at radius 3 is 2.54 bits per heavy atom.